The third-order valence-electron chi connectivity index (χ3n) is 6.44. The number of aromatic nitrogens is 1. The summed E-state index contributed by atoms with van der Waals surface area (Å²) in [5.41, 5.74) is 5.47. The molecule has 2 N–H and O–H groups in total. The Bertz CT molecular complexity index is 1310. The molecule has 182 valence electrons. The van der Waals surface area contributed by atoms with Gasteiger partial charge in [0.05, 0.1) is 14.2 Å². The molecule has 3 aromatic carbocycles. The molecule has 0 radical (unpaired) electrons. The zero-order valence-corrected chi connectivity index (χ0v) is 21.1. The molecule has 0 saturated carbocycles. The van der Waals surface area contributed by atoms with Crippen molar-refractivity contribution in [2.75, 3.05) is 20.8 Å². The third kappa shape index (κ3) is 5.46. The van der Waals surface area contributed by atoms with E-state index in [1.807, 2.05) is 48.7 Å². The number of carbonyl (C=O) groups is 1. The summed E-state index contributed by atoms with van der Waals surface area (Å²) in [6.45, 7) is 2.67. The molecule has 1 unspecified atom stereocenters. The SMILES string of the molecule is CCc1cccc2c(C(CC(=O)NCCc3ccc(OC)c(OC)c3)c3ccccc3Cl)c[nH]c12. The highest BCUT2D eigenvalue weighted by Gasteiger charge is 2.23. The van der Waals surface area contributed by atoms with Crippen LogP contribution in [-0.4, -0.2) is 31.7 Å². The van der Waals surface area contributed by atoms with E-state index in [-0.39, 0.29) is 11.8 Å². The average Bonchev–Trinajstić information content (AvgIpc) is 3.32. The summed E-state index contributed by atoms with van der Waals surface area (Å²) < 4.78 is 10.7. The quantitative estimate of drug-likeness (QED) is 0.275. The Balaban J connectivity index is 1.53. The summed E-state index contributed by atoms with van der Waals surface area (Å²) >= 11 is 6.60. The number of ether oxygens (including phenoxy) is 2. The zero-order valence-electron chi connectivity index (χ0n) is 20.4. The number of rotatable bonds is 10. The summed E-state index contributed by atoms with van der Waals surface area (Å²) in [5.74, 6) is 1.19. The number of aromatic amines is 1. The first kappa shape index (κ1) is 24.7. The highest BCUT2D eigenvalue weighted by Crippen LogP contribution is 2.37. The third-order valence-corrected chi connectivity index (χ3v) is 6.79. The Hall–Kier alpha value is -3.44. The smallest absolute Gasteiger partial charge is 0.220 e. The number of para-hydroxylation sites is 1. The average molecular weight is 491 g/mol. The number of aryl methyl sites for hydroxylation is 1. The fraction of sp³-hybridized carbons (Fsp3) is 0.276. The maximum atomic E-state index is 13.1. The molecule has 4 aromatic rings. The van der Waals surface area contributed by atoms with Crippen LogP contribution < -0.4 is 14.8 Å². The standard InChI is InChI=1S/C29H31ClN2O3/c1-4-20-8-7-10-22-24(18-32-29(20)22)23(21-9-5-6-11-25(21)30)17-28(33)31-15-14-19-12-13-26(34-2)27(16-19)35-3/h5-13,16,18,23,32H,4,14-15,17H2,1-3H3,(H,31,33). The Labute approximate surface area is 211 Å². The van der Waals surface area contributed by atoms with E-state index >= 15 is 0 Å². The van der Waals surface area contributed by atoms with Gasteiger partial charge in [-0.2, -0.15) is 0 Å². The van der Waals surface area contributed by atoms with E-state index in [1.54, 1.807) is 14.2 Å². The first-order chi connectivity index (χ1) is 17.0. The van der Waals surface area contributed by atoms with Crippen LogP contribution in [0.4, 0.5) is 0 Å². The van der Waals surface area contributed by atoms with Gasteiger partial charge in [0.2, 0.25) is 5.91 Å². The molecule has 0 spiro atoms. The zero-order chi connectivity index (χ0) is 24.8. The Morgan fingerprint density at radius 1 is 1.00 bits per heavy atom. The van der Waals surface area contributed by atoms with Crippen LogP contribution >= 0.6 is 11.6 Å². The van der Waals surface area contributed by atoms with Crippen molar-refractivity contribution in [3.05, 3.63) is 94.1 Å². The molecule has 35 heavy (non-hydrogen) atoms. The number of amides is 1. The molecule has 6 heteroatoms. The van der Waals surface area contributed by atoms with Crippen molar-refractivity contribution in [1.82, 2.24) is 10.3 Å². The lowest BCUT2D eigenvalue weighted by Gasteiger charge is -2.19. The van der Waals surface area contributed by atoms with Crippen LogP contribution in [0.25, 0.3) is 10.9 Å². The van der Waals surface area contributed by atoms with Crippen molar-refractivity contribution in [2.45, 2.75) is 32.1 Å². The molecule has 1 heterocycles. The predicted molar refractivity (Wildman–Crippen MR) is 142 cm³/mol. The molecule has 1 aromatic heterocycles. The fourth-order valence-electron chi connectivity index (χ4n) is 4.61. The molecule has 0 saturated heterocycles. The summed E-state index contributed by atoms with van der Waals surface area (Å²) in [6, 6.07) is 19.9. The maximum Gasteiger partial charge on any atom is 0.220 e. The van der Waals surface area contributed by atoms with E-state index in [4.69, 9.17) is 21.1 Å². The van der Waals surface area contributed by atoms with Gasteiger partial charge in [0.15, 0.2) is 11.5 Å². The highest BCUT2D eigenvalue weighted by molar-refractivity contribution is 6.31. The lowest BCUT2D eigenvalue weighted by atomic mass is 9.87. The molecular weight excluding hydrogens is 460 g/mol. The lowest BCUT2D eigenvalue weighted by molar-refractivity contribution is -0.121. The van der Waals surface area contributed by atoms with Gasteiger partial charge in [-0.3, -0.25) is 4.79 Å². The minimum absolute atomic E-state index is 0.0172. The van der Waals surface area contributed by atoms with Gasteiger partial charge in [0, 0.05) is 41.0 Å². The van der Waals surface area contributed by atoms with E-state index < -0.39 is 0 Å². The first-order valence-electron chi connectivity index (χ1n) is 11.9. The van der Waals surface area contributed by atoms with Crippen molar-refractivity contribution < 1.29 is 14.3 Å². The lowest BCUT2D eigenvalue weighted by Crippen LogP contribution is -2.27. The summed E-state index contributed by atoms with van der Waals surface area (Å²) in [7, 11) is 3.23. The van der Waals surface area contributed by atoms with Crippen LogP contribution in [0.3, 0.4) is 0 Å². The number of methoxy groups -OCH3 is 2. The number of carbonyl (C=O) groups excluding carboxylic acids is 1. The van der Waals surface area contributed by atoms with Crippen molar-refractivity contribution in [3.63, 3.8) is 0 Å². The number of benzene rings is 3. The minimum Gasteiger partial charge on any atom is -0.493 e. The predicted octanol–water partition coefficient (Wildman–Crippen LogP) is 6.28. The molecular formula is C29H31ClN2O3. The minimum atomic E-state index is -0.161. The number of hydrogen-bond donors (Lipinski definition) is 2. The van der Waals surface area contributed by atoms with Gasteiger partial charge < -0.3 is 19.8 Å². The van der Waals surface area contributed by atoms with Gasteiger partial charge >= 0.3 is 0 Å². The molecule has 1 amide bonds. The number of nitrogens with one attached hydrogen (secondary N) is 2. The molecule has 4 rings (SSSR count). The molecule has 1 atom stereocenters. The van der Waals surface area contributed by atoms with E-state index in [0.717, 1.165) is 34.0 Å². The molecule has 0 aliphatic rings. The first-order valence-corrected chi connectivity index (χ1v) is 12.2. The second kappa shape index (κ2) is 11.3. The van der Waals surface area contributed by atoms with Crippen LogP contribution in [0.1, 0.15) is 41.5 Å². The topological polar surface area (TPSA) is 63.4 Å². The summed E-state index contributed by atoms with van der Waals surface area (Å²) in [4.78, 5) is 16.5. The normalized spacial score (nSPS) is 11.9. The van der Waals surface area contributed by atoms with Gasteiger partial charge in [-0.15, -0.1) is 0 Å². The van der Waals surface area contributed by atoms with Crippen LogP contribution in [0.5, 0.6) is 11.5 Å². The van der Waals surface area contributed by atoms with E-state index in [0.29, 0.717) is 35.9 Å². The summed E-state index contributed by atoms with van der Waals surface area (Å²) in [6.07, 6.45) is 3.95. The second-order valence-corrected chi connectivity index (χ2v) is 8.91. The van der Waals surface area contributed by atoms with Crippen molar-refractivity contribution >= 4 is 28.4 Å². The number of fused-ring (bicyclic) bond motifs is 1. The van der Waals surface area contributed by atoms with Gasteiger partial charge in [0.25, 0.3) is 0 Å². The number of H-pyrrole nitrogens is 1. The fourth-order valence-corrected chi connectivity index (χ4v) is 4.87. The van der Waals surface area contributed by atoms with Crippen molar-refractivity contribution in [3.8, 4) is 11.5 Å². The molecule has 0 fully saturated rings. The largest absolute Gasteiger partial charge is 0.493 e. The van der Waals surface area contributed by atoms with Gasteiger partial charge in [-0.25, -0.2) is 0 Å². The van der Waals surface area contributed by atoms with Crippen molar-refractivity contribution in [2.24, 2.45) is 0 Å². The van der Waals surface area contributed by atoms with Crippen LogP contribution in [-0.2, 0) is 17.6 Å². The number of halogens is 1. The summed E-state index contributed by atoms with van der Waals surface area (Å²) in [5, 5.41) is 4.88. The van der Waals surface area contributed by atoms with Crippen LogP contribution in [0.15, 0.2) is 66.9 Å². The Kier molecular flexibility index (Phi) is 7.98. The molecule has 0 aliphatic heterocycles. The maximum absolute atomic E-state index is 13.1. The second-order valence-electron chi connectivity index (χ2n) is 8.50. The van der Waals surface area contributed by atoms with E-state index in [9.17, 15) is 4.79 Å². The number of hydrogen-bond acceptors (Lipinski definition) is 3. The molecule has 5 nitrogen and oxygen atoms in total. The Morgan fingerprint density at radius 3 is 2.54 bits per heavy atom. The van der Waals surface area contributed by atoms with Crippen LogP contribution in [0.2, 0.25) is 5.02 Å². The Morgan fingerprint density at radius 2 is 1.80 bits per heavy atom. The van der Waals surface area contributed by atoms with E-state index in [1.165, 1.54) is 5.56 Å². The highest BCUT2D eigenvalue weighted by atomic mass is 35.5. The van der Waals surface area contributed by atoms with Gasteiger partial charge in [-0.05, 0) is 53.3 Å². The van der Waals surface area contributed by atoms with Gasteiger partial charge in [-0.1, -0.05) is 61.0 Å². The molecule has 0 aliphatic carbocycles. The van der Waals surface area contributed by atoms with E-state index in [2.05, 4.69) is 35.4 Å². The van der Waals surface area contributed by atoms with Gasteiger partial charge in [0.1, 0.15) is 0 Å². The monoisotopic (exact) mass is 490 g/mol. The van der Waals surface area contributed by atoms with Crippen LogP contribution in [0, 0.1) is 0 Å². The molecule has 0 bridgehead atoms. The van der Waals surface area contributed by atoms with Crippen molar-refractivity contribution in [1.29, 1.82) is 0 Å².